The lowest BCUT2D eigenvalue weighted by atomic mass is 10.0. The van der Waals surface area contributed by atoms with Crippen LogP contribution in [0.3, 0.4) is 0 Å². The van der Waals surface area contributed by atoms with Gasteiger partial charge in [0.1, 0.15) is 0 Å². The molecule has 0 aromatic heterocycles. The molecule has 0 aliphatic rings. The number of ether oxygens (including phenoxy) is 1. The van der Waals surface area contributed by atoms with E-state index in [9.17, 15) is 9.59 Å². The highest BCUT2D eigenvalue weighted by Crippen LogP contribution is 2.09. The first-order valence-electron chi connectivity index (χ1n) is 7.82. The second kappa shape index (κ2) is 12.4. The molecule has 6 heteroatoms. The Morgan fingerprint density at radius 3 is 2.48 bits per heavy atom. The number of hydrogen-bond donors (Lipinski definition) is 3. The summed E-state index contributed by atoms with van der Waals surface area (Å²) in [4.78, 5) is 22.2. The number of carbonyl (C=O) groups is 2. The molecule has 21 heavy (non-hydrogen) atoms. The SMILES string of the molecule is CCCCOCCNC(=O)NC(C)CCCC(C)C(=O)O. The maximum absolute atomic E-state index is 11.6. The van der Waals surface area contributed by atoms with E-state index >= 15 is 0 Å². The number of aliphatic carboxylic acids is 1. The van der Waals surface area contributed by atoms with E-state index in [-0.39, 0.29) is 18.0 Å². The highest BCUT2D eigenvalue weighted by atomic mass is 16.5. The second-order valence-electron chi connectivity index (χ2n) is 5.44. The van der Waals surface area contributed by atoms with Gasteiger partial charge in [-0.05, 0) is 26.2 Å². The Morgan fingerprint density at radius 2 is 1.86 bits per heavy atom. The fourth-order valence-corrected chi connectivity index (χ4v) is 1.79. The van der Waals surface area contributed by atoms with Crippen LogP contribution in [0.25, 0.3) is 0 Å². The lowest BCUT2D eigenvalue weighted by Crippen LogP contribution is -2.42. The van der Waals surface area contributed by atoms with Crippen LogP contribution in [0.15, 0.2) is 0 Å². The van der Waals surface area contributed by atoms with Crippen LogP contribution in [0.5, 0.6) is 0 Å². The maximum atomic E-state index is 11.6. The summed E-state index contributed by atoms with van der Waals surface area (Å²) in [5, 5.41) is 14.3. The summed E-state index contributed by atoms with van der Waals surface area (Å²) in [6.07, 6.45) is 4.34. The molecule has 0 saturated heterocycles. The zero-order chi connectivity index (χ0) is 16.1. The van der Waals surface area contributed by atoms with Gasteiger partial charge in [-0.3, -0.25) is 4.79 Å². The van der Waals surface area contributed by atoms with Crippen molar-refractivity contribution >= 4 is 12.0 Å². The number of urea groups is 1. The van der Waals surface area contributed by atoms with Gasteiger partial charge in [0.15, 0.2) is 0 Å². The van der Waals surface area contributed by atoms with Gasteiger partial charge in [0, 0.05) is 19.2 Å². The summed E-state index contributed by atoms with van der Waals surface area (Å²) >= 11 is 0. The van der Waals surface area contributed by atoms with Crippen LogP contribution in [0.2, 0.25) is 0 Å². The highest BCUT2D eigenvalue weighted by Gasteiger charge is 2.12. The fourth-order valence-electron chi connectivity index (χ4n) is 1.79. The number of hydrogen-bond acceptors (Lipinski definition) is 3. The molecule has 0 aromatic rings. The van der Waals surface area contributed by atoms with E-state index in [1.54, 1.807) is 6.92 Å². The normalized spacial score (nSPS) is 13.5. The molecule has 6 nitrogen and oxygen atoms in total. The molecule has 2 atom stereocenters. The van der Waals surface area contributed by atoms with E-state index in [0.29, 0.717) is 19.6 Å². The molecule has 0 radical (unpaired) electrons. The van der Waals surface area contributed by atoms with E-state index in [4.69, 9.17) is 9.84 Å². The number of nitrogens with one attached hydrogen (secondary N) is 2. The summed E-state index contributed by atoms with van der Waals surface area (Å²) in [5.41, 5.74) is 0. The molecule has 0 saturated carbocycles. The molecule has 0 fully saturated rings. The average molecular weight is 302 g/mol. The Hall–Kier alpha value is -1.30. The van der Waals surface area contributed by atoms with Crippen molar-refractivity contribution in [3.63, 3.8) is 0 Å². The fraction of sp³-hybridized carbons (Fsp3) is 0.867. The number of carbonyl (C=O) groups excluding carboxylic acids is 1. The molecule has 3 N–H and O–H groups in total. The molecular formula is C15H30N2O4. The molecule has 0 rings (SSSR count). The Kier molecular flexibility index (Phi) is 11.7. The molecule has 0 aromatic carbocycles. The first-order chi connectivity index (χ1) is 9.97. The maximum Gasteiger partial charge on any atom is 0.315 e. The topological polar surface area (TPSA) is 87.7 Å². The van der Waals surface area contributed by atoms with Gasteiger partial charge in [-0.15, -0.1) is 0 Å². The summed E-state index contributed by atoms with van der Waals surface area (Å²) in [6, 6.07) is -0.167. The summed E-state index contributed by atoms with van der Waals surface area (Å²) in [5.74, 6) is -1.09. The zero-order valence-electron chi connectivity index (χ0n) is 13.5. The molecule has 2 unspecified atom stereocenters. The number of unbranched alkanes of at least 4 members (excludes halogenated alkanes) is 1. The Morgan fingerprint density at radius 1 is 1.14 bits per heavy atom. The van der Waals surface area contributed by atoms with Crippen molar-refractivity contribution in [2.75, 3.05) is 19.8 Å². The largest absolute Gasteiger partial charge is 0.481 e. The molecule has 0 heterocycles. The number of carboxylic acids is 1. The van der Waals surface area contributed by atoms with Crippen LogP contribution in [0, 0.1) is 5.92 Å². The third-order valence-corrected chi connectivity index (χ3v) is 3.25. The molecule has 124 valence electrons. The van der Waals surface area contributed by atoms with E-state index in [1.807, 2.05) is 6.92 Å². The van der Waals surface area contributed by atoms with Crippen molar-refractivity contribution < 1.29 is 19.4 Å². The van der Waals surface area contributed by atoms with Crippen LogP contribution >= 0.6 is 0 Å². The van der Waals surface area contributed by atoms with Crippen molar-refractivity contribution in [1.29, 1.82) is 0 Å². The number of rotatable bonds is 12. The van der Waals surface area contributed by atoms with Gasteiger partial charge in [-0.1, -0.05) is 26.7 Å². The Bertz CT molecular complexity index is 297. The van der Waals surface area contributed by atoms with Crippen molar-refractivity contribution in [2.24, 2.45) is 5.92 Å². The smallest absolute Gasteiger partial charge is 0.315 e. The zero-order valence-corrected chi connectivity index (χ0v) is 13.5. The summed E-state index contributed by atoms with van der Waals surface area (Å²) in [7, 11) is 0. The van der Waals surface area contributed by atoms with Crippen LogP contribution in [-0.4, -0.2) is 42.9 Å². The minimum atomic E-state index is -0.767. The van der Waals surface area contributed by atoms with Gasteiger partial charge in [0.2, 0.25) is 0 Å². The van der Waals surface area contributed by atoms with E-state index in [1.165, 1.54) is 0 Å². The third-order valence-electron chi connectivity index (χ3n) is 3.25. The molecule has 0 spiro atoms. The van der Waals surface area contributed by atoms with Crippen LogP contribution < -0.4 is 10.6 Å². The van der Waals surface area contributed by atoms with Crippen molar-refractivity contribution in [1.82, 2.24) is 10.6 Å². The van der Waals surface area contributed by atoms with Gasteiger partial charge in [-0.2, -0.15) is 0 Å². The Balaban J connectivity index is 3.54. The van der Waals surface area contributed by atoms with Crippen molar-refractivity contribution in [2.45, 2.75) is 58.9 Å². The van der Waals surface area contributed by atoms with Crippen LogP contribution in [0.4, 0.5) is 4.79 Å². The molecule has 0 aliphatic heterocycles. The summed E-state index contributed by atoms with van der Waals surface area (Å²) in [6.45, 7) is 7.48. The minimum Gasteiger partial charge on any atom is -0.481 e. The average Bonchev–Trinajstić information content (AvgIpc) is 2.42. The highest BCUT2D eigenvalue weighted by molar-refractivity contribution is 5.74. The lowest BCUT2D eigenvalue weighted by molar-refractivity contribution is -0.141. The van der Waals surface area contributed by atoms with Crippen LogP contribution in [-0.2, 0) is 9.53 Å². The van der Waals surface area contributed by atoms with Crippen molar-refractivity contribution in [3.05, 3.63) is 0 Å². The standard InChI is InChI=1S/C15H30N2O4/c1-4-5-10-21-11-9-16-15(20)17-13(3)8-6-7-12(2)14(18)19/h12-13H,4-11H2,1-3H3,(H,18,19)(H2,16,17,20). The third kappa shape index (κ3) is 12.2. The van der Waals surface area contributed by atoms with Crippen molar-refractivity contribution in [3.8, 4) is 0 Å². The molecular weight excluding hydrogens is 272 g/mol. The van der Waals surface area contributed by atoms with E-state index in [2.05, 4.69) is 17.6 Å². The minimum absolute atomic E-state index is 0.0343. The first-order valence-corrected chi connectivity index (χ1v) is 7.82. The summed E-state index contributed by atoms with van der Waals surface area (Å²) < 4.78 is 5.34. The van der Waals surface area contributed by atoms with Gasteiger partial charge >= 0.3 is 12.0 Å². The number of carboxylic acid groups (broad SMARTS) is 1. The number of amides is 2. The quantitative estimate of drug-likeness (QED) is 0.483. The molecule has 2 amide bonds. The van der Waals surface area contributed by atoms with E-state index < -0.39 is 5.97 Å². The van der Waals surface area contributed by atoms with Gasteiger partial charge < -0.3 is 20.5 Å². The molecule has 0 bridgehead atoms. The predicted molar refractivity (Wildman–Crippen MR) is 82.4 cm³/mol. The monoisotopic (exact) mass is 302 g/mol. The van der Waals surface area contributed by atoms with Crippen LogP contribution in [0.1, 0.15) is 52.9 Å². The second-order valence-corrected chi connectivity index (χ2v) is 5.44. The van der Waals surface area contributed by atoms with Gasteiger partial charge in [-0.25, -0.2) is 4.79 Å². The first kappa shape index (κ1) is 19.7. The van der Waals surface area contributed by atoms with Gasteiger partial charge in [0.25, 0.3) is 0 Å². The molecule has 0 aliphatic carbocycles. The lowest BCUT2D eigenvalue weighted by Gasteiger charge is -2.15. The Labute approximate surface area is 127 Å². The predicted octanol–water partition coefficient (Wildman–Crippen LogP) is 2.38. The van der Waals surface area contributed by atoms with Gasteiger partial charge in [0.05, 0.1) is 12.5 Å². The van der Waals surface area contributed by atoms with E-state index in [0.717, 1.165) is 32.3 Å².